The first kappa shape index (κ1) is 21.2. The molecule has 0 aliphatic rings. The maximum absolute atomic E-state index is 5.41. The molecule has 0 radical (unpaired) electrons. The number of ether oxygens (including phenoxy) is 2. The highest BCUT2D eigenvalue weighted by Crippen LogP contribution is 2.24. The summed E-state index contributed by atoms with van der Waals surface area (Å²) < 4.78 is 10.8. The van der Waals surface area contributed by atoms with Crippen molar-refractivity contribution in [2.24, 2.45) is 0 Å². The van der Waals surface area contributed by atoms with Crippen molar-refractivity contribution >= 4 is 24.3 Å². The topological polar surface area (TPSA) is 18.5 Å². The summed E-state index contributed by atoms with van der Waals surface area (Å²) in [4.78, 5) is 0. The number of para-hydroxylation sites is 2. The Hall–Kier alpha value is -4.04. The predicted octanol–water partition coefficient (Wildman–Crippen LogP) is 7.71. The average molecular weight is 419 g/mol. The highest BCUT2D eigenvalue weighted by atomic mass is 16.5. The molecule has 0 aromatic heterocycles. The lowest BCUT2D eigenvalue weighted by Gasteiger charge is -2.05. The van der Waals surface area contributed by atoms with Crippen LogP contribution in [0, 0.1) is 0 Å². The van der Waals surface area contributed by atoms with Gasteiger partial charge in [-0.3, -0.25) is 0 Å². The van der Waals surface area contributed by atoms with Crippen molar-refractivity contribution in [3.63, 3.8) is 0 Å². The Balaban J connectivity index is 1.45. The molecule has 4 rings (SSSR count). The Kier molecular flexibility index (Phi) is 6.84. The molecule has 0 unspecified atom stereocenters. The second-order valence-corrected chi connectivity index (χ2v) is 7.39. The first-order valence-corrected chi connectivity index (χ1v) is 10.6. The van der Waals surface area contributed by atoms with Crippen molar-refractivity contribution in [3.8, 4) is 22.6 Å². The van der Waals surface area contributed by atoms with Crippen LogP contribution in [0.25, 0.3) is 35.4 Å². The molecule has 0 saturated carbocycles. The van der Waals surface area contributed by atoms with E-state index in [1.807, 2.05) is 48.5 Å². The molecular formula is C30H26O2. The van der Waals surface area contributed by atoms with E-state index < -0.39 is 0 Å². The number of methoxy groups -OCH3 is 2. The van der Waals surface area contributed by atoms with Gasteiger partial charge in [0.2, 0.25) is 0 Å². The molecule has 0 spiro atoms. The molecule has 0 aliphatic heterocycles. The van der Waals surface area contributed by atoms with Gasteiger partial charge in [-0.2, -0.15) is 0 Å². The van der Waals surface area contributed by atoms with Crippen LogP contribution in [0.3, 0.4) is 0 Å². The van der Waals surface area contributed by atoms with E-state index in [1.54, 1.807) is 14.2 Å². The quantitative estimate of drug-likeness (QED) is 0.286. The van der Waals surface area contributed by atoms with Crippen LogP contribution in [0.4, 0.5) is 0 Å². The van der Waals surface area contributed by atoms with Gasteiger partial charge in [-0.05, 0) is 34.4 Å². The molecule has 0 amide bonds. The maximum Gasteiger partial charge on any atom is 0.126 e. The van der Waals surface area contributed by atoms with Gasteiger partial charge in [0.25, 0.3) is 0 Å². The van der Waals surface area contributed by atoms with E-state index in [-0.39, 0.29) is 0 Å². The number of benzene rings is 4. The van der Waals surface area contributed by atoms with Crippen molar-refractivity contribution in [2.75, 3.05) is 14.2 Å². The van der Waals surface area contributed by atoms with Gasteiger partial charge in [0.15, 0.2) is 0 Å². The molecule has 0 aliphatic carbocycles. The summed E-state index contributed by atoms with van der Waals surface area (Å²) in [6, 6.07) is 33.2. The summed E-state index contributed by atoms with van der Waals surface area (Å²) in [5.41, 5.74) is 6.82. The van der Waals surface area contributed by atoms with Crippen LogP contribution in [0.5, 0.6) is 11.5 Å². The molecule has 4 aromatic carbocycles. The lowest BCUT2D eigenvalue weighted by atomic mass is 10.0. The van der Waals surface area contributed by atoms with Gasteiger partial charge in [-0.25, -0.2) is 0 Å². The molecule has 32 heavy (non-hydrogen) atoms. The van der Waals surface area contributed by atoms with Crippen LogP contribution in [-0.4, -0.2) is 14.2 Å². The highest BCUT2D eigenvalue weighted by Gasteiger charge is 2.00. The summed E-state index contributed by atoms with van der Waals surface area (Å²) in [7, 11) is 3.39. The van der Waals surface area contributed by atoms with Gasteiger partial charge in [0, 0.05) is 11.1 Å². The fraction of sp³-hybridized carbons (Fsp3) is 0.0667. The first-order valence-electron chi connectivity index (χ1n) is 10.6. The molecule has 4 aromatic rings. The molecule has 2 heteroatoms. The van der Waals surface area contributed by atoms with Crippen LogP contribution in [-0.2, 0) is 0 Å². The molecule has 0 heterocycles. The molecular weight excluding hydrogens is 392 g/mol. The third-order valence-corrected chi connectivity index (χ3v) is 5.34. The largest absolute Gasteiger partial charge is 0.496 e. The maximum atomic E-state index is 5.41. The molecule has 158 valence electrons. The summed E-state index contributed by atoms with van der Waals surface area (Å²) >= 11 is 0. The van der Waals surface area contributed by atoms with Crippen molar-refractivity contribution in [2.45, 2.75) is 0 Å². The SMILES string of the molecule is COc1ccccc1/C=C\c1ccc(-c2ccc(/C=C/c3ccccc3OC)cc2)cc1. The lowest BCUT2D eigenvalue weighted by molar-refractivity contribution is 0.414. The number of hydrogen-bond donors (Lipinski definition) is 0. The second-order valence-electron chi connectivity index (χ2n) is 7.39. The Morgan fingerprint density at radius 1 is 0.438 bits per heavy atom. The molecule has 0 fully saturated rings. The minimum atomic E-state index is 0.875. The average Bonchev–Trinajstić information content (AvgIpc) is 2.87. The van der Waals surface area contributed by atoms with Crippen LogP contribution in [0.2, 0.25) is 0 Å². The van der Waals surface area contributed by atoms with E-state index in [9.17, 15) is 0 Å². The second kappa shape index (κ2) is 10.3. The van der Waals surface area contributed by atoms with Gasteiger partial charge < -0.3 is 9.47 Å². The van der Waals surface area contributed by atoms with Gasteiger partial charge in [-0.1, -0.05) is 109 Å². The normalized spacial score (nSPS) is 11.2. The monoisotopic (exact) mass is 418 g/mol. The number of rotatable bonds is 7. The van der Waals surface area contributed by atoms with E-state index in [0.717, 1.165) is 33.8 Å². The standard InChI is InChI=1S/C30H26O2/c1-31-29-9-5-3-7-27(29)21-15-23-11-17-25(18-12-23)26-19-13-24(14-20-26)16-22-28-8-4-6-10-30(28)32-2/h3-22H,1-2H3/b21-15-,22-16+. The first-order chi connectivity index (χ1) is 15.8. The van der Waals surface area contributed by atoms with Crippen molar-refractivity contribution in [1.82, 2.24) is 0 Å². The van der Waals surface area contributed by atoms with Crippen molar-refractivity contribution in [3.05, 3.63) is 119 Å². The van der Waals surface area contributed by atoms with Crippen LogP contribution in [0.15, 0.2) is 97.1 Å². The Morgan fingerprint density at radius 2 is 0.812 bits per heavy atom. The Labute approximate surface area is 190 Å². The van der Waals surface area contributed by atoms with Gasteiger partial charge in [0.1, 0.15) is 11.5 Å². The van der Waals surface area contributed by atoms with Crippen molar-refractivity contribution in [1.29, 1.82) is 0 Å². The zero-order valence-electron chi connectivity index (χ0n) is 18.4. The Bertz CT molecular complexity index is 1120. The van der Waals surface area contributed by atoms with E-state index in [0.29, 0.717) is 0 Å². The Morgan fingerprint density at radius 3 is 1.19 bits per heavy atom. The minimum absolute atomic E-state index is 0.875. The summed E-state index contributed by atoms with van der Waals surface area (Å²) in [5.74, 6) is 1.75. The molecule has 2 nitrogen and oxygen atoms in total. The van der Waals surface area contributed by atoms with Gasteiger partial charge in [0.05, 0.1) is 14.2 Å². The fourth-order valence-electron chi connectivity index (χ4n) is 3.55. The highest BCUT2D eigenvalue weighted by molar-refractivity contribution is 5.76. The third-order valence-electron chi connectivity index (χ3n) is 5.34. The molecule has 0 N–H and O–H groups in total. The fourth-order valence-corrected chi connectivity index (χ4v) is 3.55. The zero-order valence-corrected chi connectivity index (χ0v) is 18.4. The predicted molar refractivity (Wildman–Crippen MR) is 136 cm³/mol. The number of hydrogen-bond acceptors (Lipinski definition) is 2. The van der Waals surface area contributed by atoms with E-state index >= 15 is 0 Å². The smallest absolute Gasteiger partial charge is 0.126 e. The zero-order chi connectivity index (χ0) is 22.2. The molecule has 0 atom stereocenters. The lowest BCUT2D eigenvalue weighted by Crippen LogP contribution is -1.85. The van der Waals surface area contributed by atoms with E-state index in [1.165, 1.54) is 11.1 Å². The minimum Gasteiger partial charge on any atom is -0.496 e. The van der Waals surface area contributed by atoms with Crippen LogP contribution < -0.4 is 9.47 Å². The molecule has 0 bridgehead atoms. The van der Waals surface area contributed by atoms with Gasteiger partial charge >= 0.3 is 0 Å². The van der Waals surface area contributed by atoms with E-state index in [4.69, 9.17) is 9.47 Å². The summed E-state index contributed by atoms with van der Waals surface area (Å²) in [6.45, 7) is 0. The molecule has 0 saturated heterocycles. The van der Waals surface area contributed by atoms with Crippen LogP contribution in [0.1, 0.15) is 22.3 Å². The summed E-state index contributed by atoms with van der Waals surface area (Å²) in [6.07, 6.45) is 8.37. The summed E-state index contributed by atoms with van der Waals surface area (Å²) in [5, 5.41) is 0. The van der Waals surface area contributed by atoms with Crippen LogP contribution >= 0.6 is 0 Å². The van der Waals surface area contributed by atoms with Crippen molar-refractivity contribution < 1.29 is 9.47 Å². The third kappa shape index (κ3) is 5.16. The van der Waals surface area contributed by atoms with Gasteiger partial charge in [-0.15, -0.1) is 0 Å². The van der Waals surface area contributed by atoms with E-state index in [2.05, 4.69) is 72.8 Å².